The van der Waals surface area contributed by atoms with Crippen LogP contribution in [0.4, 0.5) is 17.1 Å². The van der Waals surface area contributed by atoms with Crippen LogP contribution in [0.5, 0.6) is 0 Å². The monoisotopic (exact) mass is 651 g/mol. The second-order valence-corrected chi connectivity index (χ2v) is 13.3. The first-order valence-electron chi connectivity index (χ1n) is 17.5. The zero-order valence-corrected chi connectivity index (χ0v) is 27.9. The van der Waals surface area contributed by atoms with Gasteiger partial charge in [0.05, 0.1) is 16.5 Å². The van der Waals surface area contributed by atoms with Gasteiger partial charge < -0.3 is 9.32 Å². The molecule has 0 saturated carbocycles. The number of anilines is 3. The van der Waals surface area contributed by atoms with Gasteiger partial charge >= 0.3 is 0 Å². The lowest BCUT2D eigenvalue weighted by Gasteiger charge is -2.34. The largest absolute Gasteiger partial charge is 0.456 e. The predicted octanol–water partition coefficient (Wildman–Crippen LogP) is 13.1. The summed E-state index contributed by atoms with van der Waals surface area (Å²) < 4.78 is 6.66. The summed E-state index contributed by atoms with van der Waals surface area (Å²) in [7, 11) is 0. The maximum Gasteiger partial charge on any atom is 0.137 e. The van der Waals surface area contributed by atoms with Crippen molar-refractivity contribution in [2.45, 2.75) is 5.41 Å². The molecule has 10 rings (SSSR count). The van der Waals surface area contributed by atoms with Gasteiger partial charge in [0.25, 0.3) is 0 Å². The Morgan fingerprint density at radius 3 is 1.65 bits per heavy atom. The SMILES string of the molecule is c1ccc(-c2ccc(N(c3ccccc3)c3cccc4oc5ccc(C6(c7ccccc7)c7ccccc7-c7ccccc76)cc5c34)cc2)cc1. The highest BCUT2D eigenvalue weighted by atomic mass is 16.3. The normalized spacial score (nSPS) is 12.9. The summed E-state index contributed by atoms with van der Waals surface area (Å²) >= 11 is 0. The molecular weight excluding hydrogens is 619 g/mol. The van der Waals surface area contributed by atoms with Crippen molar-refractivity contribution in [1.29, 1.82) is 0 Å². The Labute approximate surface area is 297 Å². The molecule has 0 spiro atoms. The molecule has 8 aromatic carbocycles. The average Bonchev–Trinajstić information content (AvgIpc) is 3.73. The molecule has 0 aliphatic heterocycles. The van der Waals surface area contributed by atoms with Crippen LogP contribution in [0.15, 0.2) is 205 Å². The molecule has 0 N–H and O–H groups in total. The van der Waals surface area contributed by atoms with Crippen LogP contribution in [0.2, 0.25) is 0 Å². The van der Waals surface area contributed by atoms with E-state index in [9.17, 15) is 0 Å². The van der Waals surface area contributed by atoms with Crippen molar-refractivity contribution in [3.05, 3.63) is 222 Å². The lowest BCUT2D eigenvalue weighted by molar-refractivity contribution is 0.668. The van der Waals surface area contributed by atoms with Crippen LogP contribution in [-0.4, -0.2) is 0 Å². The Morgan fingerprint density at radius 2 is 0.961 bits per heavy atom. The van der Waals surface area contributed by atoms with E-state index in [0.29, 0.717) is 0 Å². The zero-order valence-electron chi connectivity index (χ0n) is 27.9. The Bertz CT molecular complexity index is 2630. The Kier molecular flexibility index (Phi) is 6.75. The van der Waals surface area contributed by atoms with Gasteiger partial charge in [-0.25, -0.2) is 0 Å². The maximum absolute atomic E-state index is 6.66. The van der Waals surface area contributed by atoms with Crippen LogP contribution in [0, 0.1) is 0 Å². The van der Waals surface area contributed by atoms with E-state index >= 15 is 0 Å². The number of para-hydroxylation sites is 1. The molecule has 240 valence electrons. The van der Waals surface area contributed by atoms with Crippen LogP contribution in [0.25, 0.3) is 44.2 Å². The molecule has 0 unspecified atom stereocenters. The summed E-state index contributed by atoms with van der Waals surface area (Å²) in [4.78, 5) is 2.35. The highest BCUT2D eigenvalue weighted by molar-refractivity contribution is 6.13. The molecule has 0 bridgehead atoms. The minimum atomic E-state index is -0.492. The van der Waals surface area contributed by atoms with Crippen LogP contribution < -0.4 is 4.90 Å². The van der Waals surface area contributed by atoms with Crippen LogP contribution in [0.1, 0.15) is 22.3 Å². The first-order chi connectivity index (χ1) is 25.3. The van der Waals surface area contributed by atoms with Crippen molar-refractivity contribution in [3.63, 3.8) is 0 Å². The van der Waals surface area contributed by atoms with Crippen molar-refractivity contribution >= 4 is 39.0 Å². The van der Waals surface area contributed by atoms with E-state index in [4.69, 9.17) is 4.42 Å². The number of furan rings is 1. The molecule has 2 nitrogen and oxygen atoms in total. The Balaban J connectivity index is 1.23. The molecular formula is C49H33NO. The summed E-state index contributed by atoms with van der Waals surface area (Å²) in [5.74, 6) is 0. The van der Waals surface area contributed by atoms with E-state index in [2.05, 4.69) is 205 Å². The van der Waals surface area contributed by atoms with Gasteiger partial charge in [-0.3, -0.25) is 0 Å². The maximum atomic E-state index is 6.66. The summed E-state index contributed by atoms with van der Waals surface area (Å²) in [5, 5.41) is 2.19. The van der Waals surface area contributed by atoms with Crippen molar-refractivity contribution in [2.75, 3.05) is 4.90 Å². The van der Waals surface area contributed by atoms with Crippen LogP contribution in [-0.2, 0) is 5.41 Å². The van der Waals surface area contributed by atoms with E-state index in [1.807, 2.05) is 0 Å². The van der Waals surface area contributed by atoms with Crippen molar-refractivity contribution in [2.24, 2.45) is 0 Å². The summed E-state index contributed by atoms with van der Waals surface area (Å²) in [6, 6.07) is 72.0. The molecule has 1 heterocycles. The minimum absolute atomic E-state index is 0.492. The molecule has 0 atom stereocenters. The molecule has 1 aliphatic rings. The van der Waals surface area contributed by atoms with Gasteiger partial charge in [-0.15, -0.1) is 0 Å². The third kappa shape index (κ3) is 4.50. The number of nitrogens with zero attached hydrogens (tertiary/aromatic N) is 1. The number of hydrogen-bond acceptors (Lipinski definition) is 2. The van der Waals surface area contributed by atoms with Gasteiger partial charge in [-0.05, 0) is 93.0 Å². The van der Waals surface area contributed by atoms with Crippen molar-refractivity contribution < 1.29 is 4.42 Å². The van der Waals surface area contributed by atoms with Gasteiger partial charge in [0.2, 0.25) is 0 Å². The third-order valence-corrected chi connectivity index (χ3v) is 10.6. The molecule has 1 aliphatic carbocycles. The van der Waals surface area contributed by atoms with Gasteiger partial charge in [-0.2, -0.15) is 0 Å². The fourth-order valence-corrected chi connectivity index (χ4v) is 8.38. The highest BCUT2D eigenvalue weighted by Gasteiger charge is 2.46. The summed E-state index contributed by atoms with van der Waals surface area (Å²) in [6.07, 6.45) is 0. The van der Waals surface area contributed by atoms with Gasteiger partial charge in [0.1, 0.15) is 11.2 Å². The quantitative estimate of drug-likeness (QED) is 0.178. The van der Waals surface area contributed by atoms with E-state index in [-0.39, 0.29) is 0 Å². The van der Waals surface area contributed by atoms with E-state index in [1.54, 1.807) is 0 Å². The third-order valence-electron chi connectivity index (χ3n) is 10.6. The minimum Gasteiger partial charge on any atom is -0.456 e. The lowest BCUT2D eigenvalue weighted by atomic mass is 9.67. The predicted molar refractivity (Wildman–Crippen MR) is 211 cm³/mol. The summed E-state index contributed by atoms with van der Waals surface area (Å²) in [6.45, 7) is 0. The molecule has 0 fully saturated rings. The fourth-order valence-electron chi connectivity index (χ4n) is 8.38. The number of hydrogen-bond donors (Lipinski definition) is 0. The van der Waals surface area contributed by atoms with Crippen LogP contribution in [0.3, 0.4) is 0 Å². The molecule has 0 saturated heterocycles. The first kappa shape index (κ1) is 29.3. The number of rotatable bonds is 6. The van der Waals surface area contributed by atoms with Gasteiger partial charge in [-0.1, -0.05) is 152 Å². The van der Waals surface area contributed by atoms with Crippen molar-refractivity contribution in [1.82, 2.24) is 0 Å². The Morgan fingerprint density at radius 1 is 0.392 bits per heavy atom. The topological polar surface area (TPSA) is 16.4 Å². The van der Waals surface area contributed by atoms with Gasteiger partial charge in [0, 0.05) is 16.8 Å². The second-order valence-electron chi connectivity index (χ2n) is 13.3. The fraction of sp³-hybridized carbons (Fsp3) is 0.0204. The van der Waals surface area contributed by atoms with E-state index in [1.165, 1.54) is 44.5 Å². The molecule has 2 heteroatoms. The second kappa shape index (κ2) is 11.8. The Hall–Kier alpha value is -6.64. The standard InChI is InChI=1S/C49H33NO/c1-4-15-34(16-5-1)35-27-30-39(31-28-35)50(38-19-8-3-9-20-38)45-25-14-26-47-48(45)42-33-37(29-32-46(42)51-47)49(36-17-6-2-7-18-36)43-23-12-10-21-40(43)41-22-11-13-24-44(41)49/h1-33H. The lowest BCUT2D eigenvalue weighted by Crippen LogP contribution is -2.28. The molecule has 51 heavy (non-hydrogen) atoms. The number of fused-ring (bicyclic) bond motifs is 6. The summed E-state index contributed by atoms with van der Waals surface area (Å²) in [5.41, 5.74) is 14.5. The molecule has 1 aromatic heterocycles. The molecule has 0 radical (unpaired) electrons. The van der Waals surface area contributed by atoms with E-state index in [0.717, 1.165) is 39.0 Å². The number of benzene rings is 8. The average molecular weight is 652 g/mol. The van der Waals surface area contributed by atoms with E-state index < -0.39 is 5.41 Å². The molecule has 0 amide bonds. The first-order valence-corrected chi connectivity index (χ1v) is 17.5. The highest BCUT2D eigenvalue weighted by Crippen LogP contribution is 2.56. The smallest absolute Gasteiger partial charge is 0.137 e. The van der Waals surface area contributed by atoms with Gasteiger partial charge in [0.15, 0.2) is 0 Å². The zero-order chi connectivity index (χ0) is 33.8. The van der Waals surface area contributed by atoms with Crippen LogP contribution >= 0.6 is 0 Å². The molecule has 9 aromatic rings. The van der Waals surface area contributed by atoms with Crippen molar-refractivity contribution in [3.8, 4) is 22.3 Å².